The second kappa shape index (κ2) is 23.7. The van der Waals surface area contributed by atoms with Crippen molar-refractivity contribution >= 4 is 5.97 Å². The zero-order chi connectivity index (χ0) is 21.4. The summed E-state index contributed by atoms with van der Waals surface area (Å²) in [5.74, 6) is 0.00739. The van der Waals surface area contributed by atoms with Gasteiger partial charge in [-0.15, -0.1) is 0 Å². The molecule has 0 aromatic rings. The molecule has 0 rings (SSSR count). The molecule has 0 amide bonds. The van der Waals surface area contributed by atoms with Crippen LogP contribution >= 0.6 is 0 Å². The second-order valence-electron chi connectivity index (χ2n) is 9.14. The normalized spacial score (nSPS) is 11.3. The van der Waals surface area contributed by atoms with Gasteiger partial charge in [0.25, 0.3) is 0 Å². The lowest BCUT2D eigenvalue weighted by atomic mass is 10.0. The molecule has 0 heterocycles. The summed E-state index contributed by atoms with van der Waals surface area (Å²) in [5.41, 5.74) is 0. The quantitative estimate of drug-likeness (QED) is 0.126. The van der Waals surface area contributed by atoms with Gasteiger partial charge in [-0.2, -0.15) is 0 Å². The molecular weight excluding hydrogens is 358 g/mol. The van der Waals surface area contributed by atoms with Gasteiger partial charge in [-0.05, 0) is 39.9 Å². The van der Waals surface area contributed by atoms with Gasteiger partial charge in [0.1, 0.15) is 0 Å². The maximum Gasteiger partial charge on any atom is 0.305 e. The molecule has 0 atom stereocenters. The number of carbonyl (C=O) groups excluding carboxylic acids is 1. The summed E-state index contributed by atoms with van der Waals surface area (Å²) in [4.78, 5) is 13.9. The van der Waals surface area contributed by atoms with Gasteiger partial charge in [-0.3, -0.25) is 4.79 Å². The number of unbranched alkanes of at least 4 members (excludes halogenated alkanes) is 17. The molecule has 0 N–H and O–H groups in total. The highest BCUT2D eigenvalue weighted by Crippen LogP contribution is 2.14. The summed E-state index contributed by atoms with van der Waals surface area (Å²) < 4.78 is 5.34. The number of carbonyl (C=O) groups is 1. The minimum atomic E-state index is 0.00739. The van der Waals surface area contributed by atoms with E-state index in [2.05, 4.69) is 25.9 Å². The van der Waals surface area contributed by atoms with E-state index in [0.717, 1.165) is 19.4 Å². The van der Waals surface area contributed by atoms with Gasteiger partial charge in [-0.25, -0.2) is 0 Å². The Hall–Kier alpha value is -0.570. The lowest BCUT2D eigenvalue weighted by molar-refractivity contribution is -0.143. The van der Waals surface area contributed by atoms with Gasteiger partial charge in [0, 0.05) is 6.42 Å². The number of ether oxygens (including phenoxy) is 1. The molecule has 0 saturated carbocycles. The Bertz CT molecular complexity index is 331. The van der Waals surface area contributed by atoms with Crippen LogP contribution in [0.4, 0.5) is 0 Å². The topological polar surface area (TPSA) is 29.5 Å². The van der Waals surface area contributed by atoms with Gasteiger partial charge in [0.2, 0.25) is 0 Å². The largest absolute Gasteiger partial charge is 0.466 e. The van der Waals surface area contributed by atoms with Crippen LogP contribution in [0, 0.1) is 0 Å². The Morgan fingerprint density at radius 2 is 1.00 bits per heavy atom. The van der Waals surface area contributed by atoms with E-state index in [4.69, 9.17) is 4.74 Å². The molecule has 174 valence electrons. The van der Waals surface area contributed by atoms with Crippen LogP contribution in [0.3, 0.4) is 0 Å². The Labute approximate surface area is 183 Å². The van der Waals surface area contributed by atoms with E-state index in [1.165, 1.54) is 109 Å². The summed E-state index contributed by atoms with van der Waals surface area (Å²) in [7, 11) is 4.22. The first-order valence-electron chi connectivity index (χ1n) is 13.0. The van der Waals surface area contributed by atoms with Crippen LogP contribution in [0.5, 0.6) is 0 Å². The summed E-state index contributed by atoms with van der Waals surface area (Å²) in [6.07, 6.45) is 25.6. The molecule has 0 aliphatic rings. The fraction of sp³-hybridized carbons (Fsp3) is 0.962. The molecular formula is C26H53NO2. The monoisotopic (exact) mass is 411 g/mol. The van der Waals surface area contributed by atoms with Crippen molar-refractivity contribution in [3.8, 4) is 0 Å². The fourth-order valence-electron chi connectivity index (χ4n) is 3.78. The standard InChI is InChI=1S/C26H53NO2/c1-4-5-6-7-8-9-10-11-12-13-14-15-16-17-20-23-26(28)29-25-22-19-18-21-24-27(2)3/h4-25H2,1-3H3. The number of esters is 1. The molecule has 0 radical (unpaired) electrons. The molecule has 0 saturated heterocycles. The molecule has 0 aromatic carbocycles. The second-order valence-corrected chi connectivity index (χ2v) is 9.14. The molecule has 0 aromatic heterocycles. The Morgan fingerprint density at radius 1 is 0.586 bits per heavy atom. The van der Waals surface area contributed by atoms with Gasteiger partial charge in [0.05, 0.1) is 6.61 Å². The van der Waals surface area contributed by atoms with Crippen LogP contribution in [-0.2, 0) is 9.53 Å². The molecule has 0 spiro atoms. The first-order chi connectivity index (χ1) is 14.2. The SMILES string of the molecule is CCCCCCCCCCCCCCCCCC(=O)OCCCCCCN(C)C. The Balaban J connectivity index is 3.14. The van der Waals surface area contributed by atoms with E-state index in [0.29, 0.717) is 13.0 Å². The van der Waals surface area contributed by atoms with E-state index in [1.54, 1.807) is 0 Å². The van der Waals surface area contributed by atoms with Crippen LogP contribution in [-0.4, -0.2) is 38.1 Å². The van der Waals surface area contributed by atoms with E-state index in [9.17, 15) is 4.79 Å². The zero-order valence-electron chi connectivity index (χ0n) is 20.3. The van der Waals surface area contributed by atoms with Crippen LogP contribution in [0.2, 0.25) is 0 Å². The van der Waals surface area contributed by atoms with Crippen molar-refractivity contribution in [1.29, 1.82) is 0 Å². The van der Waals surface area contributed by atoms with Crippen LogP contribution in [0.1, 0.15) is 135 Å². The van der Waals surface area contributed by atoms with Crippen molar-refractivity contribution in [2.75, 3.05) is 27.2 Å². The summed E-state index contributed by atoms with van der Waals surface area (Å²) in [5, 5.41) is 0. The van der Waals surface area contributed by atoms with Crippen LogP contribution < -0.4 is 0 Å². The third kappa shape index (κ3) is 25.4. The lowest BCUT2D eigenvalue weighted by Gasteiger charge is -2.08. The third-order valence-corrected chi connectivity index (χ3v) is 5.75. The summed E-state index contributed by atoms with van der Waals surface area (Å²) >= 11 is 0. The van der Waals surface area contributed by atoms with E-state index >= 15 is 0 Å². The van der Waals surface area contributed by atoms with E-state index < -0.39 is 0 Å². The number of hydrogen-bond acceptors (Lipinski definition) is 3. The van der Waals surface area contributed by atoms with Gasteiger partial charge in [0.15, 0.2) is 0 Å². The molecule has 0 aliphatic heterocycles. The highest BCUT2D eigenvalue weighted by Gasteiger charge is 2.02. The maximum absolute atomic E-state index is 11.7. The van der Waals surface area contributed by atoms with Crippen molar-refractivity contribution in [2.24, 2.45) is 0 Å². The van der Waals surface area contributed by atoms with Crippen molar-refractivity contribution in [2.45, 2.75) is 135 Å². The Kier molecular flexibility index (Phi) is 23.2. The average molecular weight is 412 g/mol. The molecule has 3 heteroatoms. The molecule has 29 heavy (non-hydrogen) atoms. The lowest BCUT2D eigenvalue weighted by Crippen LogP contribution is -2.12. The minimum Gasteiger partial charge on any atom is -0.466 e. The molecule has 0 fully saturated rings. The molecule has 0 aliphatic carbocycles. The summed E-state index contributed by atoms with van der Waals surface area (Å²) in [6, 6.07) is 0. The highest BCUT2D eigenvalue weighted by atomic mass is 16.5. The van der Waals surface area contributed by atoms with Crippen LogP contribution in [0.15, 0.2) is 0 Å². The van der Waals surface area contributed by atoms with E-state index in [-0.39, 0.29) is 5.97 Å². The molecule has 0 bridgehead atoms. The average Bonchev–Trinajstić information content (AvgIpc) is 2.70. The number of nitrogens with zero attached hydrogens (tertiary/aromatic N) is 1. The minimum absolute atomic E-state index is 0.00739. The number of hydrogen-bond donors (Lipinski definition) is 0. The smallest absolute Gasteiger partial charge is 0.305 e. The van der Waals surface area contributed by atoms with Crippen LogP contribution in [0.25, 0.3) is 0 Å². The predicted octanol–water partition coefficient (Wildman–Crippen LogP) is 7.91. The molecule has 0 unspecified atom stereocenters. The van der Waals surface area contributed by atoms with Crippen molar-refractivity contribution in [1.82, 2.24) is 4.90 Å². The van der Waals surface area contributed by atoms with Gasteiger partial charge >= 0.3 is 5.97 Å². The van der Waals surface area contributed by atoms with Crippen molar-refractivity contribution < 1.29 is 9.53 Å². The van der Waals surface area contributed by atoms with Crippen molar-refractivity contribution in [3.63, 3.8) is 0 Å². The van der Waals surface area contributed by atoms with Gasteiger partial charge in [-0.1, -0.05) is 110 Å². The van der Waals surface area contributed by atoms with Gasteiger partial charge < -0.3 is 9.64 Å². The van der Waals surface area contributed by atoms with E-state index in [1.807, 2.05) is 0 Å². The summed E-state index contributed by atoms with van der Waals surface area (Å²) in [6.45, 7) is 4.05. The maximum atomic E-state index is 11.7. The third-order valence-electron chi connectivity index (χ3n) is 5.75. The fourth-order valence-corrected chi connectivity index (χ4v) is 3.78. The number of rotatable bonds is 23. The first-order valence-corrected chi connectivity index (χ1v) is 13.0. The predicted molar refractivity (Wildman–Crippen MR) is 128 cm³/mol. The van der Waals surface area contributed by atoms with Crippen molar-refractivity contribution in [3.05, 3.63) is 0 Å². The highest BCUT2D eigenvalue weighted by molar-refractivity contribution is 5.69. The Morgan fingerprint density at radius 3 is 1.48 bits per heavy atom. The first kappa shape index (κ1) is 28.4. The zero-order valence-corrected chi connectivity index (χ0v) is 20.3. The molecule has 3 nitrogen and oxygen atoms in total.